The fourth-order valence-electron chi connectivity index (χ4n) is 1.86. The Bertz CT molecular complexity index is 524. The minimum Gasteiger partial charge on any atom is -0.304 e. The number of ketones is 1. The van der Waals surface area contributed by atoms with Crippen LogP contribution in [0.25, 0.3) is 0 Å². The normalized spacial score (nSPS) is 15.5. The summed E-state index contributed by atoms with van der Waals surface area (Å²) in [6, 6.07) is 4.23. The highest BCUT2D eigenvalue weighted by atomic mass is 16.6. The first kappa shape index (κ1) is 11.3. The van der Waals surface area contributed by atoms with Gasteiger partial charge in [0.1, 0.15) is 0 Å². The van der Waals surface area contributed by atoms with Gasteiger partial charge in [-0.05, 0) is 18.6 Å². The van der Waals surface area contributed by atoms with Crippen LogP contribution in [0.5, 0.6) is 0 Å². The zero-order chi connectivity index (χ0) is 12.6. The molecule has 1 saturated heterocycles. The quantitative estimate of drug-likeness (QED) is 0.437. The van der Waals surface area contributed by atoms with Gasteiger partial charge >= 0.3 is 0 Å². The van der Waals surface area contributed by atoms with E-state index >= 15 is 0 Å². The average Bonchev–Trinajstić information content (AvgIpc) is 2.57. The van der Waals surface area contributed by atoms with E-state index in [9.17, 15) is 19.7 Å². The van der Waals surface area contributed by atoms with Crippen LogP contribution in [0.4, 0.5) is 11.4 Å². The molecule has 1 aromatic rings. The number of rotatable bonds is 2. The molecule has 1 heterocycles. The molecule has 1 aliphatic rings. The standard InChI is InChI=1S/C11H10N2O4/c1-7-4-8(13(16)17)2-3-10(7)12-6-9(14)5-11(12)15/h2-4H,5-6H2,1H3. The molecule has 0 spiro atoms. The predicted octanol–water partition coefficient (Wildman–Crippen LogP) is 1.21. The van der Waals surface area contributed by atoms with E-state index in [1.165, 1.54) is 23.1 Å². The van der Waals surface area contributed by atoms with Gasteiger partial charge in [0.25, 0.3) is 5.69 Å². The van der Waals surface area contributed by atoms with Crippen molar-refractivity contribution in [3.05, 3.63) is 33.9 Å². The van der Waals surface area contributed by atoms with Gasteiger partial charge < -0.3 is 4.90 Å². The maximum Gasteiger partial charge on any atom is 0.269 e. The monoisotopic (exact) mass is 234 g/mol. The molecule has 0 atom stereocenters. The summed E-state index contributed by atoms with van der Waals surface area (Å²) in [5.41, 5.74) is 1.15. The fraction of sp³-hybridized carbons (Fsp3) is 0.273. The fourth-order valence-corrected chi connectivity index (χ4v) is 1.86. The van der Waals surface area contributed by atoms with Crippen molar-refractivity contribution >= 4 is 23.1 Å². The molecule has 1 aromatic carbocycles. The number of hydrogen-bond donors (Lipinski definition) is 0. The van der Waals surface area contributed by atoms with Crippen LogP contribution in [0.15, 0.2) is 18.2 Å². The van der Waals surface area contributed by atoms with Crippen LogP contribution < -0.4 is 4.90 Å². The van der Waals surface area contributed by atoms with Crippen LogP contribution in [0.2, 0.25) is 0 Å². The largest absolute Gasteiger partial charge is 0.304 e. The molecular weight excluding hydrogens is 224 g/mol. The molecule has 6 heteroatoms. The number of carbonyl (C=O) groups excluding carboxylic acids is 2. The van der Waals surface area contributed by atoms with Gasteiger partial charge in [0.15, 0.2) is 5.78 Å². The van der Waals surface area contributed by atoms with Crippen molar-refractivity contribution in [2.45, 2.75) is 13.3 Å². The first-order valence-corrected chi connectivity index (χ1v) is 5.06. The molecule has 0 N–H and O–H groups in total. The number of nitro benzene ring substituents is 1. The van der Waals surface area contributed by atoms with Gasteiger partial charge in [-0.15, -0.1) is 0 Å². The minimum atomic E-state index is -0.492. The van der Waals surface area contributed by atoms with Gasteiger partial charge in [-0.3, -0.25) is 19.7 Å². The number of aryl methyl sites for hydroxylation is 1. The summed E-state index contributed by atoms with van der Waals surface area (Å²) in [7, 11) is 0. The van der Waals surface area contributed by atoms with Crippen LogP contribution >= 0.6 is 0 Å². The Kier molecular flexibility index (Phi) is 2.63. The first-order chi connectivity index (χ1) is 7.99. The van der Waals surface area contributed by atoms with Gasteiger partial charge in [-0.25, -0.2) is 0 Å². The van der Waals surface area contributed by atoms with Gasteiger partial charge in [-0.2, -0.15) is 0 Å². The van der Waals surface area contributed by atoms with E-state index in [2.05, 4.69) is 0 Å². The molecule has 0 aromatic heterocycles. The van der Waals surface area contributed by atoms with E-state index < -0.39 is 4.92 Å². The summed E-state index contributed by atoms with van der Waals surface area (Å²) < 4.78 is 0. The second-order valence-electron chi connectivity index (χ2n) is 3.92. The van der Waals surface area contributed by atoms with E-state index in [1.807, 2.05) is 0 Å². The van der Waals surface area contributed by atoms with Crippen molar-refractivity contribution < 1.29 is 14.5 Å². The topological polar surface area (TPSA) is 80.5 Å². The Labute approximate surface area is 97.0 Å². The highest BCUT2D eigenvalue weighted by molar-refractivity contribution is 6.15. The Morgan fingerprint density at radius 1 is 1.35 bits per heavy atom. The highest BCUT2D eigenvalue weighted by Crippen LogP contribution is 2.27. The maximum absolute atomic E-state index is 11.5. The summed E-state index contributed by atoms with van der Waals surface area (Å²) in [5.74, 6) is -0.389. The van der Waals surface area contributed by atoms with Gasteiger partial charge in [-0.1, -0.05) is 0 Å². The van der Waals surface area contributed by atoms with Crippen LogP contribution in [0, 0.1) is 17.0 Å². The van der Waals surface area contributed by atoms with Crippen molar-refractivity contribution in [3.8, 4) is 0 Å². The summed E-state index contributed by atoms with van der Waals surface area (Å²) >= 11 is 0. The van der Waals surface area contributed by atoms with Crippen molar-refractivity contribution in [1.82, 2.24) is 0 Å². The molecule has 2 rings (SSSR count). The van der Waals surface area contributed by atoms with E-state index in [1.54, 1.807) is 6.92 Å². The van der Waals surface area contributed by atoms with Gasteiger partial charge in [0.2, 0.25) is 5.91 Å². The van der Waals surface area contributed by atoms with Crippen molar-refractivity contribution in [2.75, 3.05) is 11.4 Å². The molecular formula is C11H10N2O4. The van der Waals surface area contributed by atoms with E-state index in [0.717, 1.165) is 0 Å². The first-order valence-electron chi connectivity index (χ1n) is 5.06. The number of Topliss-reactive ketones (excluding diaryl/α,β-unsaturated/α-hetero) is 1. The van der Waals surface area contributed by atoms with Crippen molar-refractivity contribution in [1.29, 1.82) is 0 Å². The van der Waals surface area contributed by atoms with Crippen LogP contribution in [-0.2, 0) is 9.59 Å². The Balaban J connectivity index is 2.37. The van der Waals surface area contributed by atoms with Crippen molar-refractivity contribution in [3.63, 3.8) is 0 Å². The minimum absolute atomic E-state index is 0.0239. The zero-order valence-electron chi connectivity index (χ0n) is 9.17. The number of non-ortho nitro benzene ring substituents is 1. The zero-order valence-corrected chi connectivity index (χ0v) is 9.17. The predicted molar refractivity (Wildman–Crippen MR) is 59.8 cm³/mol. The van der Waals surface area contributed by atoms with E-state index in [4.69, 9.17) is 0 Å². The Hall–Kier alpha value is -2.24. The Morgan fingerprint density at radius 3 is 2.53 bits per heavy atom. The van der Waals surface area contributed by atoms with Crippen LogP contribution in [0.3, 0.4) is 0 Å². The third kappa shape index (κ3) is 2.01. The Morgan fingerprint density at radius 2 is 2.06 bits per heavy atom. The highest BCUT2D eigenvalue weighted by Gasteiger charge is 2.29. The molecule has 0 saturated carbocycles. The summed E-state index contributed by atoms with van der Waals surface area (Å²) in [4.78, 5) is 34.1. The maximum atomic E-state index is 11.5. The van der Waals surface area contributed by atoms with Crippen LogP contribution in [0.1, 0.15) is 12.0 Å². The lowest BCUT2D eigenvalue weighted by Gasteiger charge is -2.16. The molecule has 0 bridgehead atoms. The molecule has 0 unspecified atom stereocenters. The van der Waals surface area contributed by atoms with E-state index in [0.29, 0.717) is 11.3 Å². The molecule has 0 radical (unpaired) electrons. The molecule has 1 amide bonds. The molecule has 88 valence electrons. The van der Waals surface area contributed by atoms with Gasteiger partial charge in [0, 0.05) is 17.8 Å². The van der Waals surface area contributed by atoms with Gasteiger partial charge in [0.05, 0.1) is 17.9 Å². The number of hydrogen-bond acceptors (Lipinski definition) is 4. The molecule has 6 nitrogen and oxygen atoms in total. The number of carbonyl (C=O) groups is 2. The summed E-state index contributed by atoms with van der Waals surface area (Å²) in [5, 5.41) is 10.6. The lowest BCUT2D eigenvalue weighted by molar-refractivity contribution is -0.384. The number of amides is 1. The second kappa shape index (κ2) is 3.97. The molecule has 1 aliphatic heterocycles. The van der Waals surface area contributed by atoms with Crippen molar-refractivity contribution in [2.24, 2.45) is 0 Å². The molecule has 17 heavy (non-hydrogen) atoms. The number of benzene rings is 1. The smallest absolute Gasteiger partial charge is 0.269 e. The third-order valence-electron chi connectivity index (χ3n) is 2.67. The summed E-state index contributed by atoms with van der Waals surface area (Å²) in [6.07, 6.45) is -0.0869. The average molecular weight is 234 g/mol. The number of anilines is 1. The SMILES string of the molecule is Cc1cc([N+](=O)[O-])ccc1N1CC(=O)CC1=O. The molecule has 1 fully saturated rings. The number of nitro groups is 1. The lowest BCUT2D eigenvalue weighted by Crippen LogP contribution is -2.25. The second-order valence-corrected chi connectivity index (χ2v) is 3.92. The lowest BCUT2D eigenvalue weighted by atomic mass is 10.1. The molecule has 0 aliphatic carbocycles. The van der Waals surface area contributed by atoms with E-state index in [-0.39, 0.29) is 30.3 Å². The third-order valence-corrected chi connectivity index (χ3v) is 2.67. The number of nitrogens with zero attached hydrogens (tertiary/aromatic N) is 2. The van der Waals surface area contributed by atoms with Crippen LogP contribution in [-0.4, -0.2) is 23.2 Å². The summed E-state index contributed by atoms with van der Waals surface area (Å²) in [6.45, 7) is 1.73.